The van der Waals surface area contributed by atoms with Crippen molar-refractivity contribution in [2.45, 2.75) is 44.4 Å². The Morgan fingerprint density at radius 1 is 1.03 bits per heavy atom. The topological polar surface area (TPSA) is 113 Å². The average Bonchev–Trinajstić information content (AvgIpc) is 2.79. The predicted octanol–water partition coefficient (Wildman–Crippen LogP) is 3.95. The number of amides is 1. The number of aryl methyl sites for hydroxylation is 1. The molecular weight excluding hydrogens is 396 g/mol. The molecule has 0 saturated heterocycles. The second kappa shape index (κ2) is 13.8. The molecule has 31 heavy (non-hydrogen) atoms. The molecule has 0 saturated carbocycles. The molecule has 2 aromatic carbocycles. The van der Waals surface area contributed by atoms with Gasteiger partial charge in [0, 0.05) is 17.4 Å². The molecule has 0 bridgehead atoms. The lowest BCUT2D eigenvalue weighted by Gasteiger charge is -2.19. The molecule has 2 aromatic rings. The highest BCUT2D eigenvalue weighted by Gasteiger charge is 2.19. The summed E-state index contributed by atoms with van der Waals surface area (Å²) >= 11 is 0. The van der Waals surface area contributed by atoms with Gasteiger partial charge in [-0.3, -0.25) is 9.59 Å². The lowest BCUT2D eigenvalue weighted by atomic mass is 10.0. The predicted molar refractivity (Wildman–Crippen MR) is 117 cm³/mol. The van der Waals surface area contributed by atoms with Gasteiger partial charge >= 0.3 is 5.97 Å². The summed E-state index contributed by atoms with van der Waals surface area (Å²) in [6, 6.07) is 18.4. The maximum absolute atomic E-state index is 12.6. The van der Waals surface area contributed by atoms with Gasteiger partial charge in [-0.1, -0.05) is 65.8 Å². The van der Waals surface area contributed by atoms with Crippen molar-refractivity contribution in [3.05, 3.63) is 82.2 Å². The van der Waals surface area contributed by atoms with Crippen LogP contribution >= 0.6 is 0 Å². The lowest BCUT2D eigenvalue weighted by Crippen LogP contribution is -2.39. The number of esters is 1. The summed E-state index contributed by atoms with van der Waals surface area (Å²) in [5.41, 5.74) is 10.9. The third kappa shape index (κ3) is 9.80. The van der Waals surface area contributed by atoms with Gasteiger partial charge in [0.25, 0.3) is 0 Å². The number of carbonyl (C=O) groups excluding carboxylic acids is 2. The van der Waals surface area contributed by atoms with Crippen molar-refractivity contribution < 1.29 is 19.1 Å². The van der Waals surface area contributed by atoms with Gasteiger partial charge in [0.05, 0.1) is 32.8 Å². The Balaban J connectivity index is 1.87. The van der Waals surface area contributed by atoms with Gasteiger partial charge in [0.1, 0.15) is 0 Å². The van der Waals surface area contributed by atoms with E-state index >= 15 is 0 Å². The second-order valence-electron chi connectivity index (χ2n) is 7.13. The van der Waals surface area contributed by atoms with Gasteiger partial charge in [0.2, 0.25) is 5.91 Å². The fourth-order valence-corrected chi connectivity index (χ4v) is 3.09. The highest BCUT2D eigenvalue weighted by atomic mass is 16.5. The first kappa shape index (κ1) is 23.9. The monoisotopic (exact) mass is 424 g/mol. The largest absolute Gasteiger partial charge is 0.469 e. The van der Waals surface area contributed by atoms with Crippen LogP contribution in [0.1, 0.15) is 30.4 Å². The van der Waals surface area contributed by atoms with Crippen molar-refractivity contribution in [2.24, 2.45) is 5.11 Å². The fraction of sp³-hybridized carbons (Fsp3) is 0.391. The van der Waals surface area contributed by atoms with Gasteiger partial charge in [-0.05, 0) is 29.5 Å². The molecule has 8 nitrogen and oxygen atoms in total. The van der Waals surface area contributed by atoms with E-state index in [1.807, 2.05) is 60.7 Å². The molecule has 1 N–H and O–H groups in total. The number of methoxy groups -OCH3 is 1. The van der Waals surface area contributed by atoms with Gasteiger partial charge in [-0.25, -0.2) is 0 Å². The molecule has 0 aliphatic carbocycles. The molecule has 2 atom stereocenters. The number of nitrogens with one attached hydrogen (secondary N) is 1. The van der Waals surface area contributed by atoms with Crippen LogP contribution in [0.15, 0.2) is 65.8 Å². The van der Waals surface area contributed by atoms with Crippen molar-refractivity contribution in [2.75, 3.05) is 13.7 Å². The van der Waals surface area contributed by atoms with Gasteiger partial charge in [-0.2, -0.15) is 0 Å². The standard InChI is InChI=1S/C23H28N4O4/c1-30-23(29)15-20(13-12-18-8-4-2-5-9-18)25-22(28)14-21(26-27-24)17-31-16-19-10-6-3-7-11-19/h2-11,20-21H,12-17H2,1H3,(H,25,28)/t20-,21-/m0/s1. The Hall–Kier alpha value is -3.35. The normalized spacial score (nSPS) is 12.3. The summed E-state index contributed by atoms with van der Waals surface area (Å²) in [5, 5.41) is 6.55. The van der Waals surface area contributed by atoms with Crippen LogP contribution in [0.5, 0.6) is 0 Å². The van der Waals surface area contributed by atoms with Crippen molar-refractivity contribution in [1.29, 1.82) is 0 Å². The zero-order valence-electron chi connectivity index (χ0n) is 17.6. The summed E-state index contributed by atoms with van der Waals surface area (Å²) in [5.74, 6) is -0.696. The van der Waals surface area contributed by atoms with Crippen molar-refractivity contribution >= 4 is 11.9 Å². The molecule has 0 unspecified atom stereocenters. The molecule has 0 radical (unpaired) electrons. The first-order valence-electron chi connectivity index (χ1n) is 10.2. The summed E-state index contributed by atoms with van der Waals surface area (Å²) < 4.78 is 10.4. The maximum atomic E-state index is 12.6. The van der Waals surface area contributed by atoms with Crippen LogP contribution in [0.3, 0.4) is 0 Å². The summed E-state index contributed by atoms with van der Waals surface area (Å²) in [7, 11) is 1.32. The number of azide groups is 1. The Morgan fingerprint density at radius 3 is 2.29 bits per heavy atom. The molecule has 0 aliphatic heterocycles. The smallest absolute Gasteiger partial charge is 0.307 e. The maximum Gasteiger partial charge on any atom is 0.307 e. The van der Waals surface area contributed by atoms with Crippen LogP contribution in [0, 0.1) is 0 Å². The third-order valence-electron chi connectivity index (χ3n) is 4.69. The van der Waals surface area contributed by atoms with Gasteiger partial charge in [-0.15, -0.1) is 0 Å². The zero-order valence-corrected chi connectivity index (χ0v) is 17.6. The molecule has 164 valence electrons. The Morgan fingerprint density at radius 2 is 1.68 bits per heavy atom. The molecular formula is C23H28N4O4. The van der Waals surface area contributed by atoms with Crippen LogP contribution in [0.2, 0.25) is 0 Å². The molecule has 0 spiro atoms. The Kier molecular flexibility index (Phi) is 10.6. The Bertz CT molecular complexity index is 854. The van der Waals surface area contributed by atoms with Crippen molar-refractivity contribution in [1.82, 2.24) is 5.32 Å². The first-order valence-corrected chi connectivity index (χ1v) is 10.2. The van der Waals surface area contributed by atoms with Crippen LogP contribution < -0.4 is 5.32 Å². The minimum atomic E-state index is -0.637. The van der Waals surface area contributed by atoms with Gasteiger partial charge < -0.3 is 14.8 Å². The molecule has 2 rings (SSSR count). The SMILES string of the molecule is COC(=O)C[C@H](CCc1ccccc1)NC(=O)C[C@@H](COCc1ccccc1)N=[N+]=[N-]. The van der Waals surface area contributed by atoms with Crippen molar-refractivity contribution in [3.8, 4) is 0 Å². The first-order chi connectivity index (χ1) is 15.1. The van der Waals surface area contributed by atoms with E-state index in [9.17, 15) is 9.59 Å². The summed E-state index contributed by atoms with van der Waals surface area (Å²) in [6.07, 6.45) is 1.35. The molecule has 8 heteroatoms. The highest BCUT2D eigenvalue weighted by molar-refractivity contribution is 5.78. The van der Waals surface area contributed by atoms with E-state index in [0.717, 1.165) is 11.1 Å². The number of ether oxygens (including phenoxy) is 2. The minimum Gasteiger partial charge on any atom is -0.469 e. The number of hydrogen-bond donors (Lipinski definition) is 1. The average molecular weight is 425 g/mol. The third-order valence-corrected chi connectivity index (χ3v) is 4.69. The van der Waals surface area contributed by atoms with E-state index in [2.05, 4.69) is 15.3 Å². The summed E-state index contributed by atoms with van der Waals surface area (Å²) in [4.78, 5) is 27.1. The molecule has 0 aliphatic rings. The van der Waals surface area contributed by atoms with E-state index in [1.165, 1.54) is 7.11 Å². The van der Waals surface area contributed by atoms with E-state index in [-0.39, 0.29) is 31.4 Å². The number of hydrogen-bond acceptors (Lipinski definition) is 5. The number of rotatable bonds is 13. The van der Waals surface area contributed by atoms with E-state index in [0.29, 0.717) is 19.4 Å². The lowest BCUT2D eigenvalue weighted by molar-refractivity contribution is -0.141. The Labute approximate surface area is 182 Å². The molecule has 1 amide bonds. The van der Waals surface area contributed by atoms with E-state index in [4.69, 9.17) is 15.0 Å². The fourth-order valence-electron chi connectivity index (χ4n) is 3.09. The quantitative estimate of drug-likeness (QED) is 0.227. The molecule has 0 heterocycles. The van der Waals surface area contributed by atoms with Crippen LogP contribution in [0.25, 0.3) is 10.4 Å². The summed E-state index contributed by atoms with van der Waals surface area (Å²) in [6.45, 7) is 0.486. The van der Waals surface area contributed by atoms with Crippen LogP contribution in [-0.4, -0.2) is 37.7 Å². The van der Waals surface area contributed by atoms with E-state index < -0.39 is 12.0 Å². The molecule has 0 fully saturated rings. The van der Waals surface area contributed by atoms with Crippen LogP contribution in [0.4, 0.5) is 0 Å². The van der Waals surface area contributed by atoms with Crippen molar-refractivity contribution in [3.63, 3.8) is 0 Å². The van der Waals surface area contributed by atoms with E-state index in [1.54, 1.807) is 0 Å². The van der Waals surface area contributed by atoms with Crippen LogP contribution in [-0.2, 0) is 32.1 Å². The van der Waals surface area contributed by atoms with Gasteiger partial charge in [0.15, 0.2) is 0 Å². The minimum absolute atomic E-state index is 0.0259. The number of carbonyl (C=O) groups is 2. The molecule has 0 aromatic heterocycles. The second-order valence-corrected chi connectivity index (χ2v) is 7.13. The zero-order chi connectivity index (χ0) is 22.3. The number of nitrogens with zero attached hydrogens (tertiary/aromatic N) is 3. The number of benzene rings is 2. The highest BCUT2D eigenvalue weighted by Crippen LogP contribution is 2.10.